The number of aliphatic carboxylic acids is 1. The first-order valence-electron chi connectivity index (χ1n) is 7.78. The number of benzene rings is 1. The Kier molecular flexibility index (Phi) is 3.95. The number of amides is 1. The van der Waals surface area contributed by atoms with Gasteiger partial charge in [-0.1, -0.05) is 30.7 Å². The second-order valence-corrected chi connectivity index (χ2v) is 6.13. The summed E-state index contributed by atoms with van der Waals surface area (Å²) in [6.07, 6.45) is 5.22. The molecule has 0 aromatic heterocycles. The molecule has 1 aromatic carbocycles. The van der Waals surface area contributed by atoms with Crippen LogP contribution in [0.5, 0.6) is 0 Å². The Morgan fingerprint density at radius 2 is 1.90 bits per heavy atom. The molecule has 1 amide bonds. The molecule has 1 fully saturated rings. The van der Waals surface area contributed by atoms with Gasteiger partial charge in [0, 0.05) is 6.04 Å². The molecule has 4 heteroatoms. The molecule has 1 unspecified atom stereocenters. The molecule has 1 saturated carbocycles. The van der Waals surface area contributed by atoms with E-state index in [0.29, 0.717) is 6.42 Å². The smallest absolute Gasteiger partial charge is 0.308 e. The van der Waals surface area contributed by atoms with Crippen molar-refractivity contribution in [2.75, 3.05) is 0 Å². The lowest BCUT2D eigenvalue weighted by Gasteiger charge is -2.27. The number of carbonyl (C=O) groups is 2. The summed E-state index contributed by atoms with van der Waals surface area (Å²) in [7, 11) is 0. The minimum absolute atomic E-state index is 0.000278. The predicted octanol–water partition coefficient (Wildman–Crippen LogP) is 2.48. The van der Waals surface area contributed by atoms with Crippen molar-refractivity contribution in [3.05, 3.63) is 35.4 Å². The highest BCUT2D eigenvalue weighted by Crippen LogP contribution is 2.33. The van der Waals surface area contributed by atoms with Gasteiger partial charge in [-0.2, -0.15) is 0 Å². The van der Waals surface area contributed by atoms with Gasteiger partial charge in [0.05, 0.1) is 11.8 Å². The third-order valence-electron chi connectivity index (χ3n) is 4.85. The van der Waals surface area contributed by atoms with E-state index in [-0.39, 0.29) is 17.9 Å². The Hall–Kier alpha value is -1.84. The molecule has 2 aliphatic rings. The maximum atomic E-state index is 12.6. The first-order chi connectivity index (χ1) is 10.2. The van der Waals surface area contributed by atoms with Crippen molar-refractivity contribution in [2.45, 2.75) is 50.5 Å². The fraction of sp³-hybridized carbons (Fsp3) is 0.529. The summed E-state index contributed by atoms with van der Waals surface area (Å²) in [4.78, 5) is 23.8. The highest BCUT2D eigenvalue weighted by Gasteiger charge is 2.36. The Morgan fingerprint density at radius 3 is 2.71 bits per heavy atom. The van der Waals surface area contributed by atoms with E-state index in [0.717, 1.165) is 37.7 Å². The molecule has 21 heavy (non-hydrogen) atoms. The lowest BCUT2D eigenvalue weighted by atomic mass is 9.82. The van der Waals surface area contributed by atoms with Crippen LogP contribution in [0.2, 0.25) is 0 Å². The monoisotopic (exact) mass is 287 g/mol. The van der Waals surface area contributed by atoms with E-state index in [1.165, 1.54) is 5.56 Å². The molecule has 1 aromatic rings. The summed E-state index contributed by atoms with van der Waals surface area (Å²) in [5.41, 5.74) is 2.37. The molecule has 0 aliphatic heterocycles. The van der Waals surface area contributed by atoms with E-state index in [1.807, 2.05) is 18.2 Å². The van der Waals surface area contributed by atoms with Crippen molar-refractivity contribution in [1.29, 1.82) is 0 Å². The summed E-state index contributed by atoms with van der Waals surface area (Å²) in [6, 6.07) is 7.90. The van der Waals surface area contributed by atoms with Crippen molar-refractivity contribution in [1.82, 2.24) is 5.32 Å². The Balaban J connectivity index is 1.73. The normalized spacial score (nSPS) is 27.9. The molecule has 2 N–H and O–H groups in total. The standard InChI is InChI=1S/C17H21NO3/c19-16(18-15-10-4-9-14(15)17(20)21)13-8-3-6-11-5-1-2-7-12(11)13/h1-2,5,7,13-15H,3-4,6,8-10H2,(H,18,19)(H,20,21)/t13?,14-,15+/m1/s1. The SMILES string of the molecule is O=C(N[C@H]1CCC[C@H]1C(=O)O)C1CCCc2ccccc21. The number of rotatable bonds is 3. The second kappa shape index (κ2) is 5.88. The maximum absolute atomic E-state index is 12.6. The Morgan fingerprint density at radius 1 is 1.10 bits per heavy atom. The molecule has 112 valence electrons. The van der Waals surface area contributed by atoms with Gasteiger partial charge in [-0.3, -0.25) is 9.59 Å². The minimum atomic E-state index is -0.790. The molecule has 0 heterocycles. The van der Waals surface area contributed by atoms with E-state index in [9.17, 15) is 14.7 Å². The molecule has 0 saturated heterocycles. The summed E-state index contributed by atoms with van der Waals surface area (Å²) >= 11 is 0. The van der Waals surface area contributed by atoms with Gasteiger partial charge in [0.15, 0.2) is 0 Å². The number of carbonyl (C=O) groups excluding carboxylic acids is 1. The Labute approximate surface area is 124 Å². The Bertz CT molecular complexity index is 555. The van der Waals surface area contributed by atoms with Crippen molar-refractivity contribution in [3.63, 3.8) is 0 Å². The first-order valence-corrected chi connectivity index (χ1v) is 7.78. The van der Waals surface area contributed by atoms with Crippen LogP contribution in [0, 0.1) is 5.92 Å². The van der Waals surface area contributed by atoms with Crippen LogP contribution in [0.25, 0.3) is 0 Å². The third-order valence-corrected chi connectivity index (χ3v) is 4.85. The number of carboxylic acid groups (broad SMARTS) is 1. The van der Waals surface area contributed by atoms with E-state index >= 15 is 0 Å². The summed E-state index contributed by atoms with van der Waals surface area (Å²) in [5.74, 6) is -1.33. The molecule has 0 spiro atoms. The number of fused-ring (bicyclic) bond motifs is 1. The van der Waals surface area contributed by atoms with Gasteiger partial charge >= 0.3 is 5.97 Å². The van der Waals surface area contributed by atoms with Gasteiger partial charge < -0.3 is 10.4 Å². The zero-order valence-electron chi connectivity index (χ0n) is 12.0. The molecule has 3 atom stereocenters. The van der Waals surface area contributed by atoms with Gasteiger partial charge in [0.2, 0.25) is 5.91 Å². The van der Waals surface area contributed by atoms with Crippen LogP contribution in [0.3, 0.4) is 0 Å². The highest BCUT2D eigenvalue weighted by atomic mass is 16.4. The number of hydrogen-bond acceptors (Lipinski definition) is 2. The van der Waals surface area contributed by atoms with Gasteiger partial charge in [-0.05, 0) is 43.2 Å². The zero-order chi connectivity index (χ0) is 14.8. The summed E-state index contributed by atoms with van der Waals surface area (Å²) in [6.45, 7) is 0. The molecule has 2 aliphatic carbocycles. The highest BCUT2D eigenvalue weighted by molar-refractivity contribution is 5.85. The topological polar surface area (TPSA) is 66.4 Å². The largest absolute Gasteiger partial charge is 0.481 e. The van der Waals surface area contributed by atoms with Crippen LogP contribution >= 0.6 is 0 Å². The first kappa shape index (κ1) is 14.1. The van der Waals surface area contributed by atoms with Crippen LogP contribution in [0.1, 0.15) is 49.1 Å². The van der Waals surface area contributed by atoms with Crippen LogP contribution in [0.15, 0.2) is 24.3 Å². The van der Waals surface area contributed by atoms with Gasteiger partial charge in [0.1, 0.15) is 0 Å². The van der Waals surface area contributed by atoms with Crippen LogP contribution in [-0.2, 0) is 16.0 Å². The quantitative estimate of drug-likeness (QED) is 0.897. The fourth-order valence-corrected chi connectivity index (χ4v) is 3.74. The lowest BCUT2D eigenvalue weighted by Crippen LogP contribution is -2.43. The number of aryl methyl sites for hydroxylation is 1. The number of hydrogen-bond donors (Lipinski definition) is 2. The van der Waals surface area contributed by atoms with E-state index in [4.69, 9.17) is 0 Å². The van der Waals surface area contributed by atoms with Crippen LogP contribution in [-0.4, -0.2) is 23.0 Å². The van der Waals surface area contributed by atoms with E-state index in [2.05, 4.69) is 11.4 Å². The molecule has 3 rings (SSSR count). The van der Waals surface area contributed by atoms with Crippen LogP contribution < -0.4 is 5.32 Å². The van der Waals surface area contributed by atoms with E-state index < -0.39 is 11.9 Å². The van der Waals surface area contributed by atoms with Crippen LogP contribution in [0.4, 0.5) is 0 Å². The lowest BCUT2D eigenvalue weighted by molar-refractivity contribution is -0.142. The summed E-state index contributed by atoms with van der Waals surface area (Å²) in [5, 5.41) is 12.2. The third kappa shape index (κ3) is 2.80. The minimum Gasteiger partial charge on any atom is -0.481 e. The van der Waals surface area contributed by atoms with Crippen molar-refractivity contribution >= 4 is 11.9 Å². The molecule has 0 radical (unpaired) electrons. The molecular formula is C17H21NO3. The predicted molar refractivity (Wildman–Crippen MR) is 79.0 cm³/mol. The average Bonchev–Trinajstić information content (AvgIpc) is 2.95. The van der Waals surface area contributed by atoms with Gasteiger partial charge in [-0.15, -0.1) is 0 Å². The van der Waals surface area contributed by atoms with Gasteiger partial charge in [-0.25, -0.2) is 0 Å². The number of nitrogens with one attached hydrogen (secondary N) is 1. The van der Waals surface area contributed by atoms with Crippen molar-refractivity contribution in [3.8, 4) is 0 Å². The molecule has 0 bridgehead atoms. The number of carboxylic acids is 1. The maximum Gasteiger partial charge on any atom is 0.308 e. The van der Waals surface area contributed by atoms with E-state index in [1.54, 1.807) is 0 Å². The van der Waals surface area contributed by atoms with Crippen molar-refractivity contribution < 1.29 is 14.7 Å². The fourth-order valence-electron chi connectivity index (χ4n) is 3.74. The van der Waals surface area contributed by atoms with Crippen molar-refractivity contribution in [2.24, 2.45) is 5.92 Å². The average molecular weight is 287 g/mol. The molecule has 4 nitrogen and oxygen atoms in total. The second-order valence-electron chi connectivity index (χ2n) is 6.13. The molecular weight excluding hydrogens is 266 g/mol. The zero-order valence-corrected chi connectivity index (χ0v) is 12.0. The van der Waals surface area contributed by atoms with Gasteiger partial charge in [0.25, 0.3) is 0 Å². The summed E-state index contributed by atoms with van der Waals surface area (Å²) < 4.78 is 0.